The van der Waals surface area contributed by atoms with Crippen LogP contribution in [0.4, 0.5) is 4.79 Å². The Morgan fingerprint density at radius 1 is 1.12 bits per heavy atom. The Balaban J connectivity index is 1.91. The van der Waals surface area contributed by atoms with Gasteiger partial charge in [-0.25, -0.2) is 4.79 Å². The zero-order valence-corrected chi connectivity index (χ0v) is 21.0. The number of likely N-dealkylation sites (tertiary alicyclic amines) is 1. The van der Waals surface area contributed by atoms with Crippen LogP contribution >= 0.6 is 0 Å². The first-order valence-corrected chi connectivity index (χ1v) is 12.4. The number of rotatable bonds is 10. The Morgan fingerprint density at radius 2 is 1.82 bits per heavy atom. The van der Waals surface area contributed by atoms with E-state index in [-0.39, 0.29) is 30.9 Å². The van der Waals surface area contributed by atoms with Crippen LogP contribution in [0.15, 0.2) is 30.3 Å². The molecule has 0 radical (unpaired) electrons. The molecule has 1 aromatic carbocycles. The van der Waals surface area contributed by atoms with Crippen LogP contribution in [0.5, 0.6) is 0 Å². The quantitative estimate of drug-likeness (QED) is 0.482. The number of alkyl carbamates (subject to hydrolysis) is 1. The second-order valence-electron chi connectivity index (χ2n) is 9.99. The molecule has 1 heterocycles. The highest BCUT2D eigenvalue weighted by Crippen LogP contribution is 2.16. The number of ether oxygens (including phenoxy) is 1. The monoisotopic (exact) mass is 475 g/mol. The number of nitrogens with one attached hydrogen (secondary N) is 2. The van der Waals surface area contributed by atoms with Crippen LogP contribution in [0.25, 0.3) is 0 Å². The van der Waals surface area contributed by atoms with Crippen LogP contribution in [0.2, 0.25) is 0 Å². The molecular weight excluding hydrogens is 434 g/mol. The number of amides is 3. The largest absolute Gasteiger partial charge is 0.445 e. The van der Waals surface area contributed by atoms with E-state index < -0.39 is 24.3 Å². The lowest BCUT2D eigenvalue weighted by Gasteiger charge is -2.27. The van der Waals surface area contributed by atoms with Gasteiger partial charge in [-0.3, -0.25) is 9.59 Å². The summed E-state index contributed by atoms with van der Waals surface area (Å²) in [6.07, 6.45) is 1.45. The summed E-state index contributed by atoms with van der Waals surface area (Å²) in [5.41, 5.74) is 0.858. The van der Waals surface area contributed by atoms with Gasteiger partial charge < -0.3 is 25.4 Å². The van der Waals surface area contributed by atoms with E-state index in [9.17, 15) is 19.5 Å². The van der Waals surface area contributed by atoms with Crippen molar-refractivity contribution in [2.75, 3.05) is 13.1 Å². The van der Waals surface area contributed by atoms with Crippen molar-refractivity contribution in [1.29, 1.82) is 0 Å². The van der Waals surface area contributed by atoms with E-state index in [4.69, 9.17) is 4.74 Å². The first-order chi connectivity index (χ1) is 16.2. The van der Waals surface area contributed by atoms with Crippen LogP contribution in [0.3, 0.4) is 0 Å². The van der Waals surface area contributed by atoms with Crippen molar-refractivity contribution >= 4 is 17.9 Å². The van der Waals surface area contributed by atoms with Crippen molar-refractivity contribution in [3.63, 3.8) is 0 Å². The van der Waals surface area contributed by atoms with Gasteiger partial charge >= 0.3 is 6.09 Å². The van der Waals surface area contributed by atoms with Gasteiger partial charge in [0.25, 0.3) is 0 Å². The van der Waals surface area contributed by atoms with Gasteiger partial charge in [0, 0.05) is 19.5 Å². The highest BCUT2D eigenvalue weighted by Gasteiger charge is 2.31. The molecule has 0 bridgehead atoms. The summed E-state index contributed by atoms with van der Waals surface area (Å²) in [6, 6.07) is 8.07. The number of carbonyl (C=O) groups is 3. The Morgan fingerprint density at radius 3 is 2.47 bits per heavy atom. The summed E-state index contributed by atoms with van der Waals surface area (Å²) < 4.78 is 5.28. The number of carbonyl (C=O) groups excluding carboxylic acids is 3. The lowest BCUT2D eigenvalue weighted by molar-refractivity contribution is -0.132. The number of benzene rings is 1. The van der Waals surface area contributed by atoms with Gasteiger partial charge in [-0.05, 0) is 43.1 Å². The number of nitrogens with zero attached hydrogens (tertiary/aromatic N) is 1. The number of aliphatic hydroxyl groups is 1. The molecule has 1 fully saturated rings. The summed E-state index contributed by atoms with van der Waals surface area (Å²) >= 11 is 0. The second-order valence-corrected chi connectivity index (χ2v) is 9.99. The molecule has 190 valence electrons. The third kappa shape index (κ3) is 9.71. The van der Waals surface area contributed by atoms with Crippen molar-refractivity contribution in [2.24, 2.45) is 11.8 Å². The molecule has 2 rings (SSSR count). The van der Waals surface area contributed by atoms with Gasteiger partial charge in [0.15, 0.2) is 0 Å². The third-order valence-electron chi connectivity index (χ3n) is 5.96. The highest BCUT2D eigenvalue weighted by atomic mass is 16.5. The van der Waals surface area contributed by atoms with Crippen molar-refractivity contribution < 1.29 is 24.2 Å². The van der Waals surface area contributed by atoms with Crippen molar-refractivity contribution in [3.05, 3.63) is 35.9 Å². The normalized spacial score (nSPS) is 19.4. The second kappa shape index (κ2) is 13.9. The SMILES string of the molecule is CC(C)CCC(=O)N1CCCC(NC(=O)[C@H](CC(C)C)NC(=O)OCc2ccccc2)[C@@H](O)C1. The molecule has 0 aliphatic carbocycles. The Hall–Kier alpha value is -2.61. The van der Waals surface area contributed by atoms with Crippen molar-refractivity contribution in [2.45, 2.75) is 84.6 Å². The molecule has 8 nitrogen and oxygen atoms in total. The van der Waals surface area contributed by atoms with Crippen molar-refractivity contribution in [3.8, 4) is 0 Å². The fourth-order valence-electron chi connectivity index (χ4n) is 4.00. The summed E-state index contributed by atoms with van der Waals surface area (Å²) in [4.78, 5) is 39.6. The molecule has 8 heteroatoms. The van der Waals surface area contributed by atoms with Gasteiger partial charge in [0.1, 0.15) is 12.6 Å². The standard InChI is InChI=1S/C26H41N3O5/c1-18(2)12-13-24(31)29-14-8-11-21(23(30)16-29)27-25(32)22(15-19(3)4)28-26(33)34-17-20-9-6-5-7-10-20/h5-7,9-10,18-19,21-23,30H,8,11-17H2,1-4H3,(H,27,32)(H,28,33)/t21?,22-,23-/m0/s1. The van der Waals surface area contributed by atoms with Gasteiger partial charge in [0.2, 0.25) is 11.8 Å². The van der Waals surface area contributed by atoms with E-state index in [0.717, 1.165) is 12.0 Å². The predicted molar refractivity (Wildman–Crippen MR) is 131 cm³/mol. The zero-order valence-electron chi connectivity index (χ0n) is 21.0. The highest BCUT2D eigenvalue weighted by molar-refractivity contribution is 5.86. The maximum absolute atomic E-state index is 13.0. The van der Waals surface area contributed by atoms with Crippen LogP contribution in [-0.2, 0) is 20.9 Å². The van der Waals surface area contributed by atoms with Gasteiger partial charge in [-0.2, -0.15) is 0 Å². The van der Waals surface area contributed by atoms with Gasteiger partial charge in [-0.1, -0.05) is 58.0 Å². The van der Waals surface area contributed by atoms with Crippen LogP contribution in [0, 0.1) is 11.8 Å². The summed E-state index contributed by atoms with van der Waals surface area (Å²) in [5, 5.41) is 16.3. The minimum absolute atomic E-state index is 0.0419. The number of hydrogen-bond donors (Lipinski definition) is 3. The number of aliphatic hydroxyl groups excluding tert-OH is 1. The Bertz CT molecular complexity index is 784. The molecule has 0 saturated carbocycles. The fourth-order valence-corrected chi connectivity index (χ4v) is 4.00. The van der Waals surface area contributed by atoms with Crippen molar-refractivity contribution in [1.82, 2.24) is 15.5 Å². The molecular formula is C26H41N3O5. The van der Waals surface area contributed by atoms with Gasteiger partial charge in [0.05, 0.1) is 12.1 Å². The van der Waals surface area contributed by atoms with Gasteiger partial charge in [-0.15, -0.1) is 0 Å². The molecule has 0 aromatic heterocycles. The van der Waals surface area contributed by atoms with E-state index in [1.807, 2.05) is 44.2 Å². The topological polar surface area (TPSA) is 108 Å². The predicted octanol–water partition coefficient (Wildman–Crippen LogP) is 3.23. The van der Waals surface area contributed by atoms with E-state index in [1.54, 1.807) is 4.90 Å². The summed E-state index contributed by atoms with van der Waals surface area (Å²) in [7, 11) is 0. The number of β-amino-alcohol motifs (C(OH)–C–C–N with tert-alkyl or cyclic N) is 1. The van der Waals surface area contributed by atoms with Crippen LogP contribution < -0.4 is 10.6 Å². The maximum Gasteiger partial charge on any atom is 0.408 e. The van der Waals surface area contributed by atoms with E-state index in [1.165, 1.54) is 0 Å². The smallest absolute Gasteiger partial charge is 0.408 e. The van der Waals surface area contributed by atoms with E-state index in [0.29, 0.717) is 38.1 Å². The molecule has 3 amide bonds. The number of hydrogen-bond acceptors (Lipinski definition) is 5. The average Bonchev–Trinajstić information content (AvgIpc) is 2.97. The zero-order chi connectivity index (χ0) is 25.1. The molecule has 3 atom stereocenters. The molecule has 3 N–H and O–H groups in total. The Kier molecular flexibility index (Phi) is 11.3. The molecule has 1 aliphatic heterocycles. The summed E-state index contributed by atoms with van der Waals surface area (Å²) in [5.74, 6) is 0.296. The molecule has 1 aromatic rings. The average molecular weight is 476 g/mol. The molecule has 1 unspecified atom stereocenters. The Labute approximate surface area is 203 Å². The fraction of sp³-hybridized carbons (Fsp3) is 0.654. The lowest BCUT2D eigenvalue weighted by atomic mass is 10.0. The van der Waals surface area contributed by atoms with E-state index in [2.05, 4.69) is 24.5 Å². The van der Waals surface area contributed by atoms with Crippen LogP contribution in [-0.4, -0.2) is 59.2 Å². The minimum Gasteiger partial charge on any atom is -0.445 e. The molecule has 1 aliphatic rings. The maximum atomic E-state index is 13.0. The molecule has 1 saturated heterocycles. The minimum atomic E-state index is -0.862. The first-order valence-electron chi connectivity index (χ1n) is 12.4. The lowest BCUT2D eigenvalue weighted by Crippen LogP contribution is -2.54. The molecule has 34 heavy (non-hydrogen) atoms. The van der Waals surface area contributed by atoms with E-state index >= 15 is 0 Å². The molecule has 0 spiro atoms. The van der Waals surface area contributed by atoms with Crippen LogP contribution in [0.1, 0.15) is 65.4 Å². The third-order valence-corrected chi connectivity index (χ3v) is 5.96. The first kappa shape index (κ1) is 27.6. The summed E-state index contributed by atoms with van der Waals surface area (Å²) in [6.45, 7) is 8.98.